The van der Waals surface area contributed by atoms with Gasteiger partial charge in [0.15, 0.2) is 0 Å². The fourth-order valence-corrected chi connectivity index (χ4v) is 4.86. The first kappa shape index (κ1) is 24.0. The Morgan fingerprint density at radius 3 is 2.08 bits per heavy atom. The van der Waals surface area contributed by atoms with Gasteiger partial charge in [-0.15, -0.1) is 0 Å². The third-order valence-electron chi connectivity index (χ3n) is 6.69. The predicted molar refractivity (Wildman–Crippen MR) is 146 cm³/mol. The molecule has 0 radical (unpaired) electrons. The topological polar surface area (TPSA) is 64.4 Å². The van der Waals surface area contributed by atoms with E-state index in [1.807, 2.05) is 91.0 Å². The van der Waals surface area contributed by atoms with Crippen molar-refractivity contribution >= 4 is 28.9 Å². The molecule has 0 saturated carbocycles. The third-order valence-corrected chi connectivity index (χ3v) is 6.69. The van der Waals surface area contributed by atoms with E-state index in [2.05, 4.69) is 6.07 Å². The average molecular weight is 486 g/mol. The predicted octanol–water partition coefficient (Wildman–Crippen LogP) is 6.45. The molecule has 5 rings (SSSR count). The van der Waals surface area contributed by atoms with E-state index in [0.717, 1.165) is 41.0 Å². The van der Waals surface area contributed by atoms with Crippen LogP contribution in [0.15, 0.2) is 103 Å². The highest BCUT2D eigenvalue weighted by Crippen LogP contribution is 2.35. The van der Waals surface area contributed by atoms with Crippen molar-refractivity contribution in [2.24, 2.45) is 0 Å². The number of nitrogens with zero attached hydrogens (tertiary/aromatic N) is 3. The van der Waals surface area contributed by atoms with Gasteiger partial charge in [0, 0.05) is 24.3 Å². The Morgan fingerprint density at radius 1 is 0.811 bits per heavy atom. The zero-order valence-electron chi connectivity index (χ0n) is 20.5. The quantitative estimate of drug-likeness (QED) is 0.315. The minimum Gasteiger partial charge on any atom is -0.311 e. The average Bonchev–Trinajstić information content (AvgIpc) is 2.96. The molecule has 1 aliphatic rings. The van der Waals surface area contributed by atoms with Gasteiger partial charge in [0.25, 0.3) is 5.91 Å². The lowest BCUT2D eigenvalue weighted by Gasteiger charge is -2.33. The van der Waals surface area contributed by atoms with Crippen LogP contribution in [0, 0.1) is 11.3 Å². The highest BCUT2D eigenvalue weighted by atomic mass is 16.2. The molecule has 0 aromatic heterocycles. The normalized spacial score (nSPS) is 12.4. The van der Waals surface area contributed by atoms with Crippen molar-refractivity contribution in [1.29, 1.82) is 5.26 Å². The smallest absolute Gasteiger partial charge is 0.264 e. The summed E-state index contributed by atoms with van der Waals surface area (Å²) in [6.45, 7) is 0.584. The van der Waals surface area contributed by atoms with Gasteiger partial charge in [0.1, 0.15) is 0 Å². The van der Waals surface area contributed by atoms with Crippen LogP contribution >= 0.6 is 0 Å². The van der Waals surface area contributed by atoms with Gasteiger partial charge in [-0.3, -0.25) is 14.5 Å². The van der Waals surface area contributed by atoms with Crippen molar-refractivity contribution < 1.29 is 9.59 Å². The van der Waals surface area contributed by atoms with E-state index in [9.17, 15) is 9.59 Å². The molecule has 5 heteroatoms. The summed E-state index contributed by atoms with van der Waals surface area (Å²) in [7, 11) is 0. The lowest BCUT2D eigenvalue weighted by atomic mass is 9.96. The maximum Gasteiger partial charge on any atom is 0.264 e. The van der Waals surface area contributed by atoms with Gasteiger partial charge < -0.3 is 4.90 Å². The second kappa shape index (κ2) is 10.9. The summed E-state index contributed by atoms with van der Waals surface area (Å²) in [4.78, 5) is 31.2. The second-order valence-electron chi connectivity index (χ2n) is 9.08. The molecule has 0 spiro atoms. The van der Waals surface area contributed by atoms with Gasteiger partial charge in [-0.05, 0) is 72.9 Å². The Labute approximate surface area is 217 Å². The molecule has 0 atom stereocenters. The maximum absolute atomic E-state index is 14.2. The summed E-state index contributed by atoms with van der Waals surface area (Å²) in [5.41, 5.74) is 5.41. The number of carbonyl (C=O) groups excluding carboxylic acids is 2. The molecular weight excluding hydrogens is 458 g/mol. The molecule has 182 valence electrons. The minimum absolute atomic E-state index is 0.00321. The summed E-state index contributed by atoms with van der Waals surface area (Å²) in [5, 5.41) is 9.02. The number of anilines is 3. The number of carbonyl (C=O) groups is 2. The highest BCUT2D eigenvalue weighted by Gasteiger charge is 2.30. The monoisotopic (exact) mass is 485 g/mol. The molecule has 0 bridgehead atoms. The second-order valence-corrected chi connectivity index (χ2v) is 9.08. The fraction of sp³-hybridized carbons (Fsp3) is 0.156. The van der Waals surface area contributed by atoms with Crippen molar-refractivity contribution in [3.8, 4) is 6.07 Å². The van der Waals surface area contributed by atoms with E-state index < -0.39 is 0 Å². The number of rotatable bonds is 6. The SMILES string of the molecule is N#Cc1ccc(CCC(=O)N2CCCc3cccc(C(=O)N(c4ccccc4)c4ccccc4)c32)cc1. The summed E-state index contributed by atoms with van der Waals surface area (Å²) >= 11 is 0. The van der Waals surface area contributed by atoms with Crippen molar-refractivity contribution in [3.63, 3.8) is 0 Å². The van der Waals surface area contributed by atoms with Crippen LogP contribution in [0.4, 0.5) is 17.1 Å². The molecule has 0 aliphatic carbocycles. The standard InChI is InChI=1S/C32H27N3O2/c33-23-25-18-16-24(17-19-25)20-21-30(36)34-22-8-10-26-9-7-15-29(31(26)34)32(37)35(27-11-3-1-4-12-27)28-13-5-2-6-14-28/h1-7,9,11-19H,8,10,20-22H2. The Morgan fingerprint density at radius 2 is 1.46 bits per heavy atom. The number of para-hydroxylation sites is 3. The van der Waals surface area contributed by atoms with E-state index in [1.165, 1.54) is 0 Å². The Bertz CT molecular complexity index is 1400. The first-order chi connectivity index (χ1) is 18.2. The van der Waals surface area contributed by atoms with E-state index in [0.29, 0.717) is 30.5 Å². The summed E-state index contributed by atoms with van der Waals surface area (Å²) < 4.78 is 0. The van der Waals surface area contributed by atoms with Crippen LogP contribution in [-0.4, -0.2) is 18.4 Å². The molecule has 0 unspecified atom stereocenters. The number of nitriles is 1. The van der Waals surface area contributed by atoms with Gasteiger partial charge in [-0.1, -0.05) is 60.7 Å². The number of amides is 2. The third kappa shape index (κ3) is 5.14. The molecule has 2 amide bonds. The zero-order chi connectivity index (χ0) is 25.6. The van der Waals surface area contributed by atoms with Gasteiger partial charge in [-0.25, -0.2) is 0 Å². The zero-order valence-corrected chi connectivity index (χ0v) is 20.5. The lowest BCUT2D eigenvalue weighted by Crippen LogP contribution is -2.38. The molecule has 1 aliphatic heterocycles. The molecule has 0 saturated heterocycles. The molecule has 5 nitrogen and oxygen atoms in total. The number of aryl methyl sites for hydroxylation is 2. The Hall–Kier alpha value is -4.69. The van der Waals surface area contributed by atoms with E-state index >= 15 is 0 Å². The van der Waals surface area contributed by atoms with Crippen LogP contribution in [0.5, 0.6) is 0 Å². The van der Waals surface area contributed by atoms with Crippen LogP contribution in [0.2, 0.25) is 0 Å². The van der Waals surface area contributed by atoms with Crippen molar-refractivity contribution in [3.05, 3.63) is 125 Å². The summed E-state index contributed by atoms with van der Waals surface area (Å²) in [6, 6.07) is 34.4. The maximum atomic E-state index is 14.2. The first-order valence-electron chi connectivity index (χ1n) is 12.5. The molecule has 4 aromatic rings. The lowest BCUT2D eigenvalue weighted by molar-refractivity contribution is -0.118. The fourth-order valence-electron chi connectivity index (χ4n) is 4.86. The van der Waals surface area contributed by atoms with Crippen LogP contribution in [0.3, 0.4) is 0 Å². The van der Waals surface area contributed by atoms with Gasteiger partial charge >= 0.3 is 0 Å². The molecule has 0 N–H and O–H groups in total. The van der Waals surface area contributed by atoms with Gasteiger partial charge in [0.2, 0.25) is 5.91 Å². The summed E-state index contributed by atoms with van der Waals surface area (Å²) in [6.07, 6.45) is 2.59. The first-order valence-corrected chi connectivity index (χ1v) is 12.5. The van der Waals surface area contributed by atoms with Crippen molar-refractivity contribution in [1.82, 2.24) is 0 Å². The summed E-state index contributed by atoms with van der Waals surface area (Å²) in [5.74, 6) is -0.169. The largest absolute Gasteiger partial charge is 0.311 e. The van der Waals surface area contributed by atoms with Gasteiger partial charge in [-0.2, -0.15) is 5.26 Å². The number of hydrogen-bond acceptors (Lipinski definition) is 3. The molecule has 0 fully saturated rings. The van der Waals surface area contributed by atoms with Crippen LogP contribution in [0.25, 0.3) is 0 Å². The highest BCUT2D eigenvalue weighted by molar-refractivity contribution is 6.15. The van der Waals surface area contributed by atoms with Crippen molar-refractivity contribution in [2.45, 2.75) is 25.7 Å². The van der Waals surface area contributed by atoms with Crippen LogP contribution in [-0.2, 0) is 17.6 Å². The van der Waals surface area contributed by atoms with E-state index in [1.54, 1.807) is 21.9 Å². The van der Waals surface area contributed by atoms with Crippen molar-refractivity contribution in [2.75, 3.05) is 16.3 Å². The Kier molecular flexibility index (Phi) is 7.09. The Balaban J connectivity index is 1.47. The van der Waals surface area contributed by atoms with E-state index in [4.69, 9.17) is 5.26 Å². The number of hydrogen-bond donors (Lipinski definition) is 0. The molecule has 1 heterocycles. The molecule has 4 aromatic carbocycles. The van der Waals surface area contributed by atoms with Crippen LogP contribution < -0.4 is 9.80 Å². The number of fused-ring (bicyclic) bond motifs is 1. The molecule has 37 heavy (non-hydrogen) atoms. The van der Waals surface area contributed by atoms with Crippen LogP contribution in [0.1, 0.15) is 39.9 Å². The molecular formula is C32H27N3O2. The van der Waals surface area contributed by atoms with Gasteiger partial charge in [0.05, 0.1) is 22.9 Å². The van der Waals surface area contributed by atoms with E-state index in [-0.39, 0.29) is 11.8 Å². The number of benzene rings is 4. The minimum atomic E-state index is -0.166.